The highest BCUT2D eigenvalue weighted by Gasteiger charge is 2.31. The van der Waals surface area contributed by atoms with Crippen LogP contribution in [0.25, 0.3) is 12.2 Å². The highest BCUT2D eigenvalue weighted by Crippen LogP contribution is 2.38. The van der Waals surface area contributed by atoms with Crippen molar-refractivity contribution in [3.63, 3.8) is 0 Å². The number of fused-ring (bicyclic) bond motifs is 1. The first-order valence-electron chi connectivity index (χ1n) is 13.4. The summed E-state index contributed by atoms with van der Waals surface area (Å²) in [7, 11) is 0. The Morgan fingerprint density at radius 3 is 2.44 bits per heavy atom. The second-order valence-corrected chi connectivity index (χ2v) is 9.63. The molecule has 0 bridgehead atoms. The van der Waals surface area contributed by atoms with Crippen molar-refractivity contribution in [2.45, 2.75) is 44.6 Å². The number of nitrogens with zero attached hydrogens (tertiary/aromatic N) is 1. The number of carboxylic acid groups (broad SMARTS) is 2. The van der Waals surface area contributed by atoms with Crippen LogP contribution >= 0.6 is 0 Å². The zero-order chi connectivity index (χ0) is 27.5. The molecule has 1 unspecified atom stereocenters. The molecule has 1 atom stereocenters. The minimum absolute atomic E-state index is 0.0258. The summed E-state index contributed by atoms with van der Waals surface area (Å²) in [5, 5.41) is 18.6. The third-order valence-electron chi connectivity index (χ3n) is 6.66. The average molecular weight is 530 g/mol. The summed E-state index contributed by atoms with van der Waals surface area (Å²) in [5.41, 5.74) is 3.89. The summed E-state index contributed by atoms with van der Waals surface area (Å²) in [5.74, 6) is -0.591. The number of hydrogen-bond acceptors (Lipinski definition) is 5. The van der Waals surface area contributed by atoms with Gasteiger partial charge in [-0.3, -0.25) is 4.79 Å². The van der Waals surface area contributed by atoms with Gasteiger partial charge < -0.3 is 24.6 Å². The molecule has 3 aromatic carbocycles. The minimum Gasteiger partial charge on any atom is -0.494 e. The largest absolute Gasteiger partial charge is 0.494 e. The van der Waals surface area contributed by atoms with E-state index in [1.54, 1.807) is 0 Å². The van der Waals surface area contributed by atoms with Crippen molar-refractivity contribution in [2.24, 2.45) is 0 Å². The first kappa shape index (κ1) is 27.8. The molecule has 204 valence electrons. The number of carbonyl (C=O) groups is 2. The minimum atomic E-state index is -1.05. The van der Waals surface area contributed by atoms with Crippen LogP contribution in [0.2, 0.25) is 0 Å². The number of rotatable bonds is 14. The maximum absolute atomic E-state index is 11.7. The quantitative estimate of drug-likeness (QED) is 0.191. The first-order chi connectivity index (χ1) is 19.0. The van der Waals surface area contributed by atoms with E-state index in [2.05, 4.69) is 24.3 Å². The molecule has 0 amide bonds. The van der Waals surface area contributed by atoms with Crippen LogP contribution in [-0.2, 0) is 16.0 Å². The Hall–Kier alpha value is -4.26. The third-order valence-corrected chi connectivity index (χ3v) is 6.66. The molecular weight excluding hydrogens is 494 g/mol. The Kier molecular flexibility index (Phi) is 10.0. The summed E-state index contributed by atoms with van der Waals surface area (Å²) >= 11 is 0. The monoisotopic (exact) mass is 529 g/mol. The number of benzene rings is 3. The van der Waals surface area contributed by atoms with Gasteiger partial charge in [-0.2, -0.15) is 0 Å². The Morgan fingerprint density at radius 1 is 0.897 bits per heavy atom. The van der Waals surface area contributed by atoms with Crippen LogP contribution in [0.1, 0.15) is 48.8 Å². The second-order valence-electron chi connectivity index (χ2n) is 9.63. The van der Waals surface area contributed by atoms with Crippen LogP contribution in [0.4, 0.5) is 5.69 Å². The molecule has 39 heavy (non-hydrogen) atoms. The van der Waals surface area contributed by atoms with Crippen molar-refractivity contribution in [3.05, 3.63) is 89.5 Å². The molecule has 1 aliphatic rings. The number of anilines is 1. The molecule has 7 nitrogen and oxygen atoms in total. The van der Waals surface area contributed by atoms with Crippen molar-refractivity contribution in [1.82, 2.24) is 0 Å². The molecule has 0 aliphatic carbocycles. The number of aliphatic carboxylic acids is 2. The van der Waals surface area contributed by atoms with Gasteiger partial charge in [0.1, 0.15) is 5.75 Å². The molecule has 1 aliphatic heterocycles. The van der Waals surface area contributed by atoms with Gasteiger partial charge in [0.25, 0.3) is 0 Å². The maximum atomic E-state index is 11.7. The lowest BCUT2D eigenvalue weighted by molar-refractivity contribution is -0.145. The van der Waals surface area contributed by atoms with Crippen molar-refractivity contribution in [2.75, 3.05) is 24.6 Å². The molecule has 0 aromatic heterocycles. The number of para-hydroxylation sites is 1. The van der Waals surface area contributed by atoms with E-state index >= 15 is 0 Å². The number of carboxylic acids is 2. The van der Waals surface area contributed by atoms with Crippen LogP contribution in [0, 0.1) is 0 Å². The zero-order valence-corrected chi connectivity index (χ0v) is 22.0. The molecule has 0 saturated heterocycles. The van der Waals surface area contributed by atoms with E-state index in [1.807, 2.05) is 65.6 Å². The van der Waals surface area contributed by atoms with Gasteiger partial charge in [0, 0.05) is 18.5 Å². The van der Waals surface area contributed by atoms with Gasteiger partial charge in [0.05, 0.1) is 18.8 Å². The Balaban J connectivity index is 1.32. The highest BCUT2D eigenvalue weighted by atomic mass is 16.5. The summed E-state index contributed by atoms with van der Waals surface area (Å²) in [6, 6.07) is 24.0. The Bertz CT molecular complexity index is 1260. The van der Waals surface area contributed by atoms with Crippen molar-refractivity contribution >= 4 is 29.8 Å². The molecule has 2 N–H and O–H groups in total. The maximum Gasteiger partial charge on any atom is 0.346 e. The van der Waals surface area contributed by atoms with Crippen LogP contribution in [0.3, 0.4) is 0 Å². The number of ether oxygens (including phenoxy) is 2. The van der Waals surface area contributed by atoms with Gasteiger partial charge in [-0.25, -0.2) is 4.79 Å². The molecule has 7 heteroatoms. The number of hydrogen-bond donors (Lipinski definition) is 2. The molecule has 0 saturated carbocycles. The topological polar surface area (TPSA) is 96.3 Å². The van der Waals surface area contributed by atoms with E-state index in [-0.39, 0.29) is 13.0 Å². The van der Waals surface area contributed by atoms with Crippen molar-refractivity contribution < 1.29 is 29.3 Å². The third kappa shape index (κ3) is 8.37. The summed E-state index contributed by atoms with van der Waals surface area (Å²) in [6.45, 7) is 1.29. The summed E-state index contributed by atoms with van der Waals surface area (Å²) < 4.78 is 11.8. The lowest BCUT2D eigenvalue weighted by Gasteiger charge is -2.35. The van der Waals surface area contributed by atoms with Crippen LogP contribution in [0.5, 0.6) is 11.5 Å². The highest BCUT2D eigenvalue weighted by molar-refractivity contribution is 5.81. The first-order valence-corrected chi connectivity index (χ1v) is 13.4. The number of aryl methyl sites for hydroxylation is 1. The van der Waals surface area contributed by atoms with Gasteiger partial charge in [-0.15, -0.1) is 0 Å². The molecule has 0 radical (unpaired) electrons. The molecule has 0 spiro atoms. The standard InChI is InChI=1S/C32H35NO6/c34-30(35)14-8-21-33-23-29(32(36)37)39-31-26(12-7-13-28(31)33)18-15-25-16-19-27(20-17-25)38-22-6-2-5-11-24-9-3-1-4-10-24/h1,3-4,7,9-10,12-13,15-20,29H,2,5-6,8,11,14,21-23H2,(H,34,35)(H,36,37). The lowest BCUT2D eigenvalue weighted by Crippen LogP contribution is -2.45. The van der Waals surface area contributed by atoms with E-state index in [4.69, 9.17) is 14.6 Å². The van der Waals surface area contributed by atoms with Crippen molar-refractivity contribution in [3.8, 4) is 11.5 Å². The van der Waals surface area contributed by atoms with Gasteiger partial charge in [-0.1, -0.05) is 66.7 Å². The molecule has 4 rings (SSSR count). The van der Waals surface area contributed by atoms with Crippen LogP contribution < -0.4 is 14.4 Å². The fraction of sp³-hybridized carbons (Fsp3) is 0.312. The summed E-state index contributed by atoms with van der Waals surface area (Å²) in [4.78, 5) is 24.6. The van der Waals surface area contributed by atoms with Gasteiger partial charge >= 0.3 is 11.9 Å². The van der Waals surface area contributed by atoms with Gasteiger partial charge in [0.15, 0.2) is 5.75 Å². The Labute approximate surface area is 229 Å². The van der Waals surface area contributed by atoms with Gasteiger partial charge in [0.2, 0.25) is 6.10 Å². The predicted molar refractivity (Wildman–Crippen MR) is 152 cm³/mol. The predicted octanol–water partition coefficient (Wildman–Crippen LogP) is 6.17. The van der Waals surface area contributed by atoms with Crippen LogP contribution in [-0.4, -0.2) is 48.0 Å². The lowest BCUT2D eigenvalue weighted by atomic mass is 10.1. The molecule has 0 fully saturated rings. The fourth-order valence-electron chi connectivity index (χ4n) is 4.59. The summed E-state index contributed by atoms with van der Waals surface area (Å²) in [6.07, 6.45) is 7.66. The normalized spacial score (nSPS) is 14.6. The molecular formula is C32H35NO6. The van der Waals surface area contributed by atoms with E-state index in [0.29, 0.717) is 25.3 Å². The fourth-order valence-corrected chi connectivity index (χ4v) is 4.59. The smallest absolute Gasteiger partial charge is 0.346 e. The van der Waals surface area contributed by atoms with Crippen molar-refractivity contribution in [1.29, 1.82) is 0 Å². The van der Waals surface area contributed by atoms with E-state index in [1.165, 1.54) is 5.56 Å². The molecule has 1 heterocycles. The van der Waals surface area contributed by atoms with Gasteiger partial charge in [-0.05, 0) is 61.4 Å². The molecule has 3 aromatic rings. The average Bonchev–Trinajstić information content (AvgIpc) is 2.94. The van der Waals surface area contributed by atoms with E-state index in [0.717, 1.165) is 48.2 Å². The number of unbranched alkanes of at least 4 members (excludes halogenated alkanes) is 2. The Morgan fingerprint density at radius 2 is 1.69 bits per heavy atom. The zero-order valence-electron chi connectivity index (χ0n) is 22.0. The second kappa shape index (κ2) is 14.0. The van der Waals surface area contributed by atoms with E-state index in [9.17, 15) is 14.7 Å². The van der Waals surface area contributed by atoms with Crippen LogP contribution in [0.15, 0.2) is 72.8 Å². The van der Waals surface area contributed by atoms with E-state index < -0.39 is 18.0 Å². The SMILES string of the molecule is O=C(O)CCCN1CC(C(=O)O)Oc2c(C=Cc3ccc(OCCCCCc4ccccc4)cc3)cccc21.